The van der Waals surface area contributed by atoms with E-state index in [1.807, 2.05) is 60.8 Å². The van der Waals surface area contributed by atoms with Crippen LogP contribution in [-0.2, 0) is 28.6 Å². The Bertz CT molecular complexity index is 1470. The minimum Gasteiger partial charge on any atom is -0.462 e. The first kappa shape index (κ1) is 64.8. The van der Waals surface area contributed by atoms with Gasteiger partial charge >= 0.3 is 17.9 Å². The molecule has 0 rings (SSSR count). The van der Waals surface area contributed by atoms with Gasteiger partial charge in [-0.2, -0.15) is 0 Å². The molecule has 0 heterocycles. The fraction of sp³-hybridized carbons (Fsp3) is 0.635. The first-order chi connectivity index (χ1) is 34.0. The van der Waals surface area contributed by atoms with Crippen molar-refractivity contribution in [1.82, 2.24) is 0 Å². The molecule has 1 atom stereocenters. The van der Waals surface area contributed by atoms with E-state index in [9.17, 15) is 14.4 Å². The Morgan fingerprint density at radius 2 is 0.638 bits per heavy atom. The quantitative estimate of drug-likeness (QED) is 0.0199. The summed E-state index contributed by atoms with van der Waals surface area (Å²) in [5, 5.41) is 0. The Labute approximate surface area is 424 Å². The molecular formula is C63H102O6. The Balaban J connectivity index is 4.52. The third-order valence-corrected chi connectivity index (χ3v) is 11.6. The predicted molar refractivity (Wildman–Crippen MR) is 297 cm³/mol. The summed E-state index contributed by atoms with van der Waals surface area (Å²) in [7, 11) is 0. The zero-order chi connectivity index (χ0) is 50.0. The van der Waals surface area contributed by atoms with E-state index in [1.54, 1.807) is 0 Å². The molecule has 0 saturated heterocycles. The third kappa shape index (κ3) is 54.6. The SMILES string of the molecule is CC\C=C/C=C\C=C/C=C\C=C\C=C/CCCCCC(=O)OC(COC(=O)CCCCC/C=C\C/C=C\C/C=C\C/C=C\CC)COC(=O)CCCCCCCCCCCCCCCCCCCC. The molecule has 0 aliphatic rings. The predicted octanol–water partition coefficient (Wildman–Crippen LogP) is 18.9. The topological polar surface area (TPSA) is 78.9 Å². The molecule has 390 valence electrons. The summed E-state index contributed by atoms with van der Waals surface area (Å²) in [5.74, 6) is -0.985. The van der Waals surface area contributed by atoms with Crippen LogP contribution >= 0.6 is 0 Å². The fourth-order valence-corrected chi connectivity index (χ4v) is 7.46. The summed E-state index contributed by atoms with van der Waals surface area (Å²) in [6, 6.07) is 0. The minimum atomic E-state index is -0.817. The summed E-state index contributed by atoms with van der Waals surface area (Å²) < 4.78 is 16.8. The van der Waals surface area contributed by atoms with Crippen LogP contribution in [0.15, 0.2) is 122 Å². The number of carbonyl (C=O) groups is 3. The van der Waals surface area contributed by atoms with Crippen molar-refractivity contribution in [2.75, 3.05) is 13.2 Å². The molecule has 0 amide bonds. The summed E-state index contributed by atoms with van der Waals surface area (Å²) in [6.07, 6.45) is 77.6. The van der Waals surface area contributed by atoms with Crippen molar-refractivity contribution in [2.45, 2.75) is 245 Å². The van der Waals surface area contributed by atoms with Crippen molar-refractivity contribution in [3.8, 4) is 0 Å². The van der Waals surface area contributed by atoms with Gasteiger partial charge in [0.2, 0.25) is 0 Å². The van der Waals surface area contributed by atoms with Crippen molar-refractivity contribution in [2.24, 2.45) is 0 Å². The van der Waals surface area contributed by atoms with Crippen LogP contribution in [0.4, 0.5) is 0 Å². The number of rotatable bonds is 49. The van der Waals surface area contributed by atoms with E-state index in [4.69, 9.17) is 14.2 Å². The van der Waals surface area contributed by atoms with Crippen LogP contribution in [0.3, 0.4) is 0 Å². The van der Waals surface area contributed by atoms with E-state index in [0.717, 1.165) is 96.3 Å². The van der Waals surface area contributed by atoms with Gasteiger partial charge in [-0.25, -0.2) is 0 Å². The normalized spacial score (nSPS) is 13.0. The van der Waals surface area contributed by atoms with E-state index in [-0.39, 0.29) is 37.5 Å². The maximum atomic E-state index is 12.8. The highest BCUT2D eigenvalue weighted by atomic mass is 16.6. The highest BCUT2D eigenvalue weighted by Gasteiger charge is 2.19. The molecule has 0 aliphatic heterocycles. The number of ether oxygens (including phenoxy) is 3. The highest BCUT2D eigenvalue weighted by molar-refractivity contribution is 5.71. The van der Waals surface area contributed by atoms with Gasteiger partial charge in [-0.15, -0.1) is 0 Å². The molecular weight excluding hydrogens is 853 g/mol. The lowest BCUT2D eigenvalue weighted by molar-refractivity contribution is -0.167. The van der Waals surface area contributed by atoms with Crippen molar-refractivity contribution in [3.63, 3.8) is 0 Å². The number of hydrogen-bond donors (Lipinski definition) is 0. The first-order valence-corrected chi connectivity index (χ1v) is 28.1. The lowest BCUT2D eigenvalue weighted by Gasteiger charge is -2.18. The smallest absolute Gasteiger partial charge is 0.306 e. The van der Waals surface area contributed by atoms with Gasteiger partial charge in [0.25, 0.3) is 0 Å². The van der Waals surface area contributed by atoms with Gasteiger partial charge < -0.3 is 14.2 Å². The summed E-state index contributed by atoms with van der Waals surface area (Å²) >= 11 is 0. The number of esters is 3. The molecule has 0 aromatic heterocycles. The van der Waals surface area contributed by atoms with Crippen molar-refractivity contribution in [3.05, 3.63) is 122 Å². The molecule has 0 spiro atoms. The average Bonchev–Trinajstić information content (AvgIpc) is 3.35. The third-order valence-electron chi connectivity index (χ3n) is 11.6. The van der Waals surface area contributed by atoms with Crippen LogP contribution < -0.4 is 0 Å². The van der Waals surface area contributed by atoms with E-state index in [1.165, 1.54) is 96.3 Å². The van der Waals surface area contributed by atoms with Gasteiger partial charge in [0.15, 0.2) is 6.10 Å². The lowest BCUT2D eigenvalue weighted by Crippen LogP contribution is -2.30. The molecule has 6 nitrogen and oxygen atoms in total. The van der Waals surface area contributed by atoms with Gasteiger partial charge in [0.05, 0.1) is 0 Å². The number of unbranched alkanes of at least 4 members (excludes halogenated alkanes) is 23. The Morgan fingerprint density at radius 3 is 1.06 bits per heavy atom. The zero-order valence-corrected chi connectivity index (χ0v) is 44.5. The Kier molecular flexibility index (Phi) is 53.0. The van der Waals surface area contributed by atoms with Crippen LogP contribution in [-0.4, -0.2) is 37.2 Å². The van der Waals surface area contributed by atoms with Crippen LogP contribution in [0, 0.1) is 0 Å². The second kappa shape index (κ2) is 56.4. The molecule has 0 aliphatic carbocycles. The average molecular weight is 956 g/mol. The molecule has 6 heteroatoms. The Morgan fingerprint density at radius 1 is 0.319 bits per heavy atom. The maximum Gasteiger partial charge on any atom is 0.306 e. The van der Waals surface area contributed by atoms with Gasteiger partial charge in [-0.05, 0) is 77.0 Å². The molecule has 1 unspecified atom stereocenters. The fourth-order valence-electron chi connectivity index (χ4n) is 7.46. The van der Waals surface area contributed by atoms with Gasteiger partial charge in [0, 0.05) is 19.3 Å². The second-order valence-electron chi connectivity index (χ2n) is 18.2. The van der Waals surface area contributed by atoms with Gasteiger partial charge in [-0.3, -0.25) is 14.4 Å². The largest absolute Gasteiger partial charge is 0.462 e. The monoisotopic (exact) mass is 955 g/mol. The van der Waals surface area contributed by atoms with Crippen LogP contribution in [0.2, 0.25) is 0 Å². The van der Waals surface area contributed by atoms with E-state index < -0.39 is 6.10 Å². The van der Waals surface area contributed by atoms with Crippen molar-refractivity contribution >= 4 is 17.9 Å². The minimum absolute atomic E-state index is 0.108. The molecule has 0 aromatic carbocycles. The molecule has 0 fully saturated rings. The molecule has 69 heavy (non-hydrogen) atoms. The molecule has 0 aromatic rings. The van der Waals surface area contributed by atoms with Crippen LogP contribution in [0.1, 0.15) is 239 Å². The summed E-state index contributed by atoms with van der Waals surface area (Å²) in [6.45, 7) is 6.32. The van der Waals surface area contributed by atoms with Gasteiger partial charge in [0.1, 0.15) is 13.2 Å². The summed E-state index contributed by atoms with van der Waals surface area (Å²) in [5.41, 5.74) is 0. The zero-order valence-electron chi connectivity index (χ0n) is 44.5. The van der Waals surface area contributed by atoms with Gasteiger partial charge in [-0.1, -0.05) is 264 Å². The number of carbonyl (C=O) groups excluding carboxylic acids is 3. The van der Waals surface area contributed by atoms with E-state index in [2.05, 4.69) is 81.5 Å². The Hall–Kier alpha value is -4.19. The van der Waals surface area contributed by atoms with Crippen molar-refractivity contribution in [1.29, 1.82) is 0 Å². The maximum absolute atomic E-state index is 12.8. The molecule has 0 radical (unpaired) electrons. The second-order valence-corrected chi connectivity index (χ2v) is 18.2. The summed E-state index contributed by atoms with van der Waals surface area (Å²) in [4.78, 5) is 38.1. The standard InChI is InChI=1S/C63H102O6/c1-4-7-10-13-16-19-22-25-28-31-33-35-38-41-44-47-50-53-56-62(65)68-59-60(58-67-61(64)55-52-49-46-43-40-37-34-30-27-24-21-18-15-12-9-6-3)69-63(66)57-54-51-48-45-42-39-36-32-29-26-23-20-17-14-11-8-5-2/h8-9,11-12,14,17-18,20-21,23,26-27,29-30,32,36-37,39-40,42,60H,4-7,10,13,15-16,19,22,24-25,28,31,33-35,38,41,43-59H2,1-3H3/b11-8-,12-9-,17-14-,21-18-,23-20-,29-26-,30-27-,36-32+,40-37-,42-39-. The van der Waals surface area contributed by atoms with Crippen molar-refractivity contribution < 1.29 is 28.6 Å². The molecule has 0 N–H and O–H groups in total. The lowest BCUT2D eigenvalue weighted by atomic mass is 10.0. The first-order valence-electron chi connectivity index (χ1n) is 28.1. The molecule has 0 bridgehead atoms. The van der Waals surface area contributed by atoms with E-state index >= 15 is 0 Å². The number of allylic oxidation sites excluding steroid dienone is 20. The highest BCUT2D eigenvalue weighted by Crippen LogP contribution is 2.15. The van der Waals surface area contributed by atoms with E-state index in [0.29, 0.717) is 19.3 Å². The number of hydrogen-bond acceptors (Lipinski definition) is 6. The van der Waals surface area contributed by atoms with Crippen LogP contribution in [0.5, 0.6) is 0 Å². The van der Waals surface area contributed by atoms with Crippen LogP contribution in [0.25, 0.3) is 0 Å². The molecule has 0 saturated carbocycles.